The summed E-state index contributed by atoms with van der Waals surface area (Å²) in [4.78, 5) is 11.6. The van der Waals surface area contributed by atoms with Gasteiger partial charge >= 0.3 is 0 Å². The standard InChI is InChI=1S/C16H19FNO.Y/c1-4-5-6-8-13(2)10-11-14(3)18-12-7-9-15(17)16(18)19;/h6-9,11-12H,4-5H2,1-3H3;/q-1;/b8-6+,14-11+;. The van der Waals surface area contributed by atoms with Gasteiger partial charge in [0.1, 0.15) is 0 Å². The quantitative estimate of drug-likeness (QED) is 0.583. The molecule has 1 heterocycles. The third-order valence-corrected chi connectivity index (χ3v) is 2.61. The Morgan fingerprint density at radius 2 is 2.15 bits per heavy atom. The molecule has 0 spiro atoms. The summed E-state index contributed by atoms with van der Waals surface area (Å²) in [5.41, 5.74) is 0.960. The molecule has 1 radical (unpaired) electrons. The van der Waals surface area contributed by atoms with Crippen LogP contribution in [-0.4, -0.2) is 4.57 Å². The van der Waals surface area contributed by atoms with Crippen molar-refractivity contribution >= 4 is 5.70 Å². The molecule has 0 saturated carbocycles. The van der Waals surface area contributed by atoms with Crippen molar-refractivity contribution in [1.29, 1.82) is 0 Å². The molecule has 20 heavy (non-hydrogen) atoms. The zero-order valence-electron chi connectivity index (χ0n) is 12.2. The van der Waals surface area contributed by atoms with Gasteiger partial charge in [-0.2, -0.15) is 23.8 Å². The Kier molecular flexibility index (Phi) is 9.61. The van der Waals surface area contributed by atoms with Gasteiger partial charge in [0.25, 0.3) is 5.56 Å². The maximum Gasteiger partial charge on any atom is 0.279 e. The van der Waals surface area contributed by atoms with Crippen LogP contribution in [0.15, 0.2) is 46.9 Å². The van der Waals surface area contributed by atoms with E-state index in [1.165, 1.54) is 10.6 Å². The molecule has 0 fully saturated rings. The van der Waals surface area contributed by atoms with Crippen LogP contribution in [0.5, 0.6) is 0 Å². The minimum atomic E-state index is -0.751. The monoisotopic (exact) mass is 349 g/mol. The summed E-state index contributed by atoms with van der Waals surface area (Å²) in [6.45, 7) is 5.80. The van der Waals surface area contributed by atoms with Crippen LogP contribution in [0, 0.1) is 11.9 Å². The number of aromatic nitrogens is 1. The van der Waals surface area contributed by atoms with Gasteiger partial charge in [-0.1, -0.05) is 32.9 Å². The number of pyridine rings is 1. The van der Waals surface area contributed by atoms with Gasteiger partial charge in [0, 0.05) is 32.7 Å². The van der Waals surface area contributed by atoms with Gasteiger partial charge in [-0.3, -0.25) is 4.79 Å². The van der Waals surface area contributed by atoms with Crippen LogP contribution in [0.1, 0.15) is 33.6 Å². The maximum atomic E-state index is 13.1. The van der Waals surface area contributed by atoms with E-state index in [0.29, 0.717) is 5.70 Å². The molecule has 4 heteroatoms. The normalized spacial score (nSPS) is 12.6. The van der Waals surface area contributed by atoms with E-state index in [0.717, 1.165) is 24.5 Å². The fourth-order valence-corrected chi connectivity index (χ4v) is 1.51. The minimum Gasteiger partial charge on any atom is -0.339 e. The molecule has 0 saturated heterocycles. The van der Waals surface area contributed by atoms with Crippen molar-refractivity contribution in [2.45, 2.75) is 33.6 Å². The summed E-state index contributed by atoms with van der Waals surface area (Å²) in [5.74, 6) is -0.751. The van der Waals surface area contributed by atoms with Crippen LogP contribution in [0.3, 0.4) is 0 Å². The van der Waals surface area contributed by atoms with Gasteiger partial charge in [-0.05, 0) is 24.8 Å². The topological polar surface area (TPSA) is 22.0 Å². The molecule has 0 atom stereocenters. The second kappa shape index (κ2) is 10.0. The van der Waals surface area contributed by atoms with Crippen molar-refractivity contribution in [2.75, 3.05) is 0 Å². The van der Waals surface area contributed by atoms with Crippen LogP contribution in [0.4, 0.5) is 4.39 Å². The summed E-state index contributed by atoms with van der Waals surface area (Å²) >= 11 is 0. The zero-order valence-corrected chi connectivity index (χ0v) is 15.0. The summed E-state index contributed by atoms with van der Waals surface area (Å²) in [6.07, 6.45) is 12.5. The van der Waals surface area contributed by atoms with Crippen molar-refractivity contribution in [3.8, 4) is 0 Å². The maximum absolute atomic E-state index is 13.1. The van der Waals surface area contributed by atoms with Gasteiger partial charge < -0.3 is 4.57 Å². The second-order valence-corrected chi connectivity index (χ2v) is 4.34. The van der Waals surface area contributed by atoms with Crippen molar-refractivity contribution in [1.82, 2.24) is 4.57 Å². The first-order valence-corrected chi connectivity index (χ1v) is 6.37. The molecular weight excluding hydrogens is 330 g/mol. The van der Waals surface area contributed by atoms with Crippen LogP contribution >= 0.6 is 0 Å². The Bertz CT molecular complexity index is 570. The number of unbranched alkanes of at least 4 members (excludes halogenated alkanes) is 1. The van der Waals surface area contributed by atoms with Crippen molar-refractivity contribution in [3.05, 3.63) is 64.4 Å². The van der Waals surface area contributed by atoms with Crippen LogP contribution < -0.4 is 5.56 Å². The third-order valence-electron chi connectivity index (χ3n) is 2.61. The summed E-state index contributed by atoms with van der Waals surface area (Å²) in [7, 11) is 0. The molecular formula is C16H19FNOY-. The number of hydrogen-bond acceptors (Lipinski definition) is 1. The van der Waals surface area contributed by atoms with Crippen LogP contribution in [0.2, 0.25) is 0 Å². The predicted molar refractivity (Wildman–Crippen MR) is 77.1 cm³/mol. The number of allylic oxidation sites excluding steroid dienone is 6. The molecule has 1 rings (SSSR count). The SMILES string of the molecule is CCC/C=C/C(C)=[C-]/C=C(\C)n1cccc(F)c1=O.[Y]. The van der Waals surface area contributed by atoms with Gasteiger partial charge in [-0.25, -0.2) is 4.39 Å². The largest absolute Gasteiger partial charge is 0.339 e. The Balaban J connectivity index is 0.00000361. The molecule has 1 aromatic rings. The Hall–Kier alpha value is -0.796. The van der Waals surface area contributed by atoms with Gasteiger partial charge in [0.05, 0.1) is 0 Å². The van der Waals surface area contributed by atoms with Crippen molar-refractivity contribution < 1.29 is 37.1 Å². The minimum absolute atomic E-state index is 0. The fraction of sp³-hybridized carbons (Fsp3) is 0.312. The van der Waals surface area contributed by atoms with E-state index >= 15 is 0 Å². The Labute approximate surface area is 145 Å². The zero-order chi connectivity index (χ0) is 14.3. The first-order valence-electron chi connectivity index (χ1n) is 6.37. The van der Waals surface area contributed by atoms with E-state index in [1.807, 2.05) is 13.0 Å². The van der Waals surface area contributed by atoms with Crippen molar-refractivity contribution in [3.63, 3.8) is 0 Å². The molecule has 0 bridgehead atoms. The van der Waals surface area contributed by atoms with Crippen LogP contribution in [-0.2, 0) is 32.7 Å². The molecule has 2 nitrogen and oxygen atoms in total. The Morgan fingerprint density at radius 3 is 2.80 bits per heavy atom. The number of rotatable bonds is 5. The summed E-state index contributed by atoms with van der Waals surface area (Å²) in [6, 6.07) is 2.66. The fourth-order valence-electron chi connectivity index (χ4n) is 1.51. The molecule has 0 amide bonds. The molecule has 1 aromatic heterocycles. The smallest absolute Gasteiger partial charge is 0.279 e. The first kappa shape index (κ1) is 19.2. The molecule has 105 valence electrons. The number of hydrogen-bond donors (Lipinski definition) is 0. The average Bonchev–Trinajstić information content (AvgIpc) is 2.39. The molecule has 0 aliphatic heterocycles. The van der Waals surface area contributed by atoms with E-state index in [-0.39, 0.29) is 32.7 Å². The number of nitrogens with zero attached hydrogens (tertiary/aromatic N) is 1. The molecule has 0 N–H and O–H groups in total. The van der Waals surface area contributed by atoms with E-state index < -0.39 is 11.4 Å². The molecule has 0 unspecified atom stereocenters. The van der Waals surface area contributed by atoms with Gasteiger partial charge in [-0.15, -0.1) is 6.08 Å². The summed E-state index contributed by atoms with van der Waals surface area (Å²) in [5, 5.41) is 0. The first-order chi connectivity index (χ1) is 9.06. The van der Waals surface area contributed by atoms with E-state index in [4.69, 9.17) is 0 Å². The van der Waals surface area contributed by atoms with E-state index in [1.54, 1.807) is 19.2 Å². The van der Waals surface area contributed by atoms with Gasteiger partial charge in [0.15, 0.2) is 5.82 Å². The van der Waals surface area contributed by atoms with E-state index in [2.05, 4.69) is 19.1 Å². The predicted octanol–water partition coefficient (Wildman–Crippen LogP) is 3.95. The van der Waals surface area contributed by atoms with Crippen LogP contribution in [0.25, 0.3) is 5.70 Å². The van der Waals surface area contributed by atoms with Crippen molar-refractivity contribution in [2.24, 2.45) is 0 Å². The summed E-state index contributed by atoms with van der Waals surface area (Å²) < 4.78 is 14.4. The molecule has 0 aliphatic carbocycles. The Morgan fingerprint density at radius 1 is 1.45 bits per heavy atom. The molecule has 0 aliphatic rings. The third kappa shape index (κ3) is 6.10. The second-order valence-electron chi connectivity index (χ2n) is 4.34. The number of halogens is 1. The van der Waals surface area contributed by atoms with E-state index in [9.17, 15) is 9.18 Å². The van der Waals surface area contributed by atoms with Gasteiger partial charge in [0.2, 0.25) is 0 Å². The molecule has 0 aromatic carbocycles. The average molecular weight is 349 g/mol.